The van der Waals surface area contributed by atoms with Crippen molar-refractivity contribution in [3.63, 3.8) is 0 Å². The summed E-state index contributed by atoms with van der Waals surface area (Å²) >= 11 is 0. The van der Waals surface area contributed by atoms with Crippen molar-refractivity contribution in [3.05, 3.63) is 101 Å². The van der Waals surface area contributed by atoms with Gasteiger partial charge in [0.05, 0.1) is 5.69 Å². The summed E-state index contributed by atoms with van der Waals surface area (Å²) in [6, 6.07) is 25.5. The van der Waals surface area contributed by atoms with Crippen LogP contribution in [0.15, 0.2) is 83.9 Å². The number of nitrogens with one attached hydrogen (secondary N) is 1. The van der Waals surface area contributed by atoms with E-state index in [1.54, 1.807) is 0 Å². The number of benzene rings is 3. The fourth-order valence-electron chi connectivity index (χ4n) is 3.75. The zero-order chi connectivity index (χ0) is 20.4. The second-order valence-corrected chi connectivity index (χ2v) is 8.83. The molecule has 4 rings (SSSR count). The SMILES string of the molecule is Cc1ccc2c(c1)/C(=C/C(C)(C)C)c1ccccc1N=C(Nc1ccccc1)C2. The number of aryl methyl sites for hydroxylation is 1. The van der Waals surface area contributed by atoms with Gasteiger partial charge in [0.1, 0.15) is 5.84 Å². The Bertz CT molecular complexity index is 1080. The van der Waals surface area contributed by atoms with Gasteiger partial charge in [-0.25, -0.2) is 4.99 Å². The lowest BCUT2D eigenvalue weighted by Gasteiger charge is -2.24. The van der Waals surface area contributed by atoms with Crippen LogP contribution < -0.4 is 5.32 Å². The predicted molar refractivity (Wildman–Crippen MR) is 125 cm³/mol. The molecule has 3 aromatic carbocycles. The smallest absolute Gasteiger partial charge is 0.111 e. The Morgan fingerprint density at radius 3 is 2.34 bits per heavy atom. The monoisotopic (exact) mass is 380 g/mol. The van der Waals surface area contributed by atoms with Crippen LogP contribution in [0.5, 0.6) is 0 Å². The molecule has 0 atom stereocenters. The average molecular weight is 381 g/mol. The molecule has 146 valence electrons. The standard InChI is InChI=1S/C27H28N2/c1-19-14-15-20-17-26(28-21-10-6-5-7-11-21)29-25-13-9-8-12-22(25)24(23(20)16-19)18-27(2,3)4/h5-16,18H,17H2,1-4H3,(H,28,29)/b24-18+. The molecule has 2 heteroatoms. The van der Waals surface area contributed by atoms with Crippen LogP contribution in [0.1, 0.15) is 43.0 Å². The minimum Gasteiger partial charge on any atom is -0.343 e. The van der Waals surface area contributed by atoms with E-state index in [9.17, 15) is 0 Å². The number of rotatable bonds is 1. The van der Waals surface area contributed by atoms with Crippen LogP contribution in [0.4, 0.5) is 11.4 Å². The van der Waals surface area contributed by atoms with Gasteiger partial charge in [0, 0.05) is 17.7 Å². The number of hydrogen-bond acceptors (Lipinski definition) is 2. The van der Waals surface area contributed by atoms with Gasteiger partial charge in [-0.05, 0) is 47.2 Å². The summed E-state index contributed by atoms with van der Waals surface area (Å²) in [5.74, 6) is 0.962. The van der Waals surface area contributed by atoms with Crippen LogP contribution in [-0.2, 0) is 6.42 Å². The van der Waals surface area contributed by atoms with E-state index in [-0.39, 0.29) is 5.41 Å². The van der Waals surface area contributed by atoms with Gasteiger partial charge in [-0.15, -0.1) is 0 Å². The zero-order valence-corrected chi connectivity index (χ0v) is 17.7. The molecule has 0 amide bonds. The summed E-state index contributed by atoms with van der Waals surface area (Å²) in [5.41, 5.74) is 8.46. The van der Waals surface area contributed by atoms with E-state index in [1.807, 2.05) is 18.2 Å². The zero-order valence-electron chi connectivity index (χ0n) is 17.7. The number of fused-ring (bicyclic) bond motifs is 2. The molecule has 29 heavy (non-hydrogen) atoms. The van der Waals surface area contributed by atoms with Crippen LogP contribution >= 0.6 is 0 Å². The van der Waals surface area contributed by atoms with Gasteiger partial charge in [0.2, 0.25) is 0 Å². The van der Waals surface area contributed by atoms with E-state index in [0.29, 0.717) is 0 Å². The number of nitrogens with zero attached hydrogens (tertiary/aromatic N) is 1. The third-order valence-electron chi connectivity index (χ3n) is 5.00. The molecular weight excluding hydrogens is 352 g/mol. The molecule has 0 aromatic heterocycles. The molecule has 0 aliphatic carbocycles. The van der Waals surface area contributed by atoms with Crippen molar-refractivity contribution < 1.29 is 0 Å². The van der Waals surface area contributed by atoms with Crippen molar-refractivity contribution in [1.82, 2.24) is 0 Å². The van der Waals surface area contributed by atoms with Crippen molar-refractivity contribution in [1.29, 1.82) is 0 Å². The number of amidine groups is 1. The van der Waals surface area contributed by atoms with E-state index in [2.05, 4.69) is 93.7 Å². The Kier molecular flexibility index (Phi) is 5.10. The minimum atomic E-state index is 0.0670. The molecule has 2 nitrogen and oxygen atoms in total. The summed E-state index contributed by atoms with van der Waals surface area (Å²) in [5, 5.41) is 3.54. The largest absolute Gasteiger partial charge is 0.343 e. The molecule has 1 heterocycles. The van der Waals surface area contributed by atoms with Gasteiger partial charge >= 0.3 is 0 Å². The van der Waals surface area contributed by atoms with E-state index < -0.39 is 0 Å². The molecular formula is C27H28N2. The third kappa shape index (κ3) is 4.48. The maximum absolute atomic E-state index is 5.06. The number of hydrogen-bond donors (Lipinski definition) is 1. The van der Waals surface area contributed by atoms with E-state index >= 15 is 0 Å². The first-order valence-corrected chi connectivity index (χ1v) is 10.2. The predicted octanol–water partition coefficient (Wildman–Crippen LogP) is 7.17. The number of allylic oxidation sites excluding steroid dienone is 1. The van der Waals surface area contributed by atoms with Crippen LogP contribution in [0, 0.1) is 12.3 Å². The van der Waals surface area contributed by atoms with E-state index in [0.717, 1.165) is 23.6 Å². The van der Waals surface area contributed by atoms with Crippen molar-refractivity contribution in [2.45, 2.75) is 34.1 Å². The molecule has 1 aliphatic rings. The van der Waals surface area contributed by atoms with Gasteiger partial charge in [0.15, 0.2) is 0 Å². The van der Waals surface area contributed by atoms with Crippen molar-refractivity contribution >= 4 is 22.8 Å². The first-order chi connectivity index (χ1) is 13.9. The normalized spacial score (nSPS) is 15.0. The van der Waals surface area contributed by atoms with Crippen LogP contribution in [0.2, 0.25) is 0 Å². The second-order valence-electron chi connectivity index (χ2n) is 8.83. The Balaban J connectivity index is 1.93. The molecule has 0 unspecified atom stereocenters. The molecule has 1 N–H and O–H groups in total. The highest BCUT2D eigenvalue weighted by molar-refractivity contribution is 6.02. The first kappa shape index (κ1) is 19.2. The topological polar surface area (TPSA) is 24.4 Å². The number of para-hydroxylation sites is 2. The number of aliphatic imine (C=N–C) groups is 1. The Morgan fingerprint density at radius 1 is 0.862 bits per heavy atom. The first-order valence-electron chi connectivity index (χ1n) is 10.2. The molecule has 0 saturated heterocycles. The average Bonchev–Trinajstić information content (AvgIpc) is 2.67. The van der Waals surface area contributed by atoms with Gasteiger partial charge in [-0.2, -0.15) is 0 Å². The highest BCUT2D eigenvalue weighted by Crippen LogP contribution is 2.38. The molecule has 0 fully saturated rings. The lowest BCUT2D eigenvalue weighted by molar-refractivity contribution is 0.546. The van der Waals surface area contributed by atoms with Crippen molar-refractivity contribution in [2.24, 2.45) is 10.4 Å². The fraction of sp³-hybridized carbons (Fsp3) is 0.222. The van der Waals surface area contributed by atoms with E-state index in [1.165, 1.54) is 27.8 Å². The summed E-state index contributed by atoms with van der Waals surface area (Å²) in [6.07, 6.45) is 3.15. The lowest BCUT2D eigenvalue weighted by atomic mass is 9.84. The van der Waals surface area contributed by atoms with Crippen molar-refractivity contribution in [3.8, 4) is 0 Å². The molecule has 0 radical (unpaired) electrons. The maximum atomic E-state index is 5.06. The van der Waals surface area contributed by atoms with Crippen LogP contribution in [0.25, 0.3) is 5.57 Å². The third-order valence-corrected chi connectivity index (χ3v) is 5.00. The molecule has 0 saturated carbocycles. The summed E-state index contributed by atoms with van der Waals surface area (Å²) < 4.78 is 0. The fourth-order valence-corrected chi connectivity index (χ4v) is 3.75. The van der Waals surface area contributed by atoms with E-state index in [4.69, 9.17) is 4.99 Å². The molecule has 1 aliphatic heterocycles. The minimum absolute atomic E-state index is 0.0670. The molecule has 0 bridgehead atoms. The number of anilines is 1. The van der Waals surface area contributed by atoms with Gasteiger partial charge in [0.25, 0.3) is 0 Å². The lowest BCUT2D eigenvalue weighted by Crippen LogP contribution is -2.18. The van der Waals surface area contributed by atoms with Crippen molar-refractivity contribution in [2.75, 3.05) is 5.32 Å². The summed E-state index contributed by atoms with van der Waals surface area (Å²) in [7, 11) is 0. The van der Waals surface area contributed by atoms with Crippen LogP contribution in [-0.4, -0.2) is 5.84 Å². The second kappa shape index (κ2) is 7.71. The van der Waals surface area contributed by atoms with Gasteiger partial charge in [-0.3, -0.25) is 0 Å². The van der Waals surface area contributed by atoms with Gasteiger partial charge < -0.3 is 5.32 Å². The molecule has 0 spiro atoms. The molecule has 3 aromatic rings. The Hall–Kier alpha value is -3.13. The summed E-state index contributed by atoms with van der Waals surface area (Å²) in [4.78, 5) is 5.06. The Labute approximate surface area is 174 Å². The highest BCUT2D eigenvalue weighted by Gasteiger charge is 2.21. The highest BCUT2D eigenvalue weighted by atomic mass is 15.0. The Morgan fingerprint density at radius 2 is 1.59 bits per heavy atom. The van der Waals surface area contributed by atoms with Crippen LogP contribution in [0.3, 0.4) is 0 Å². The van der Waals surface area contributed by atoms with Gasteiger partial charge in [-0.1, -0.05) is 87.0 Å². The summed E-state index contributed by atoms with van der Waals surface area (Å²) in [6.45, 7) is 8.92. The quantitative estimate of drug-likeness (QED) is 0.475. The maximum Gasteiger partial charge on any atom is 0.111 e.